The number of rotatable bonds is 15. The van der Waals surface area contributed by atoms with Crippen LogP contribution in [-0.4, -0.2) is 78.2 Å². The van der Waals surface area contributed by atoms with E-state index in [4.69, 9.17) is 9.47 Å². The number of ether oxygens (including phenoxy) is 2. The summed E-state index contributed by atoms with van der Waals surface area (Å²) in [6.07, 6.45) is 6.82. The highest BCUT2D eigenvalue weighted by Gasteiger charge is 2.53. The first-order valence-electron chi connectivity index (χ1n) is 15.8. The van der Waals surface area contributed by atoms with E-state index < -0.39 is 17.7 Å². The van der Waals surface area contributed by atoms with Crippen LogP contribution in [0.5, 0.6) is 0 Å². The maximum Gasteiger partial charge on any atom is 0.409 e. The van der Waals surface area contributed by atoms with Gasteiger partial charge in [-0.05, 0) is 56.4 Å². The van der Waals surface area contributed by atoms with Crippen molar-refractivity contribution >= 4 is 24.0 Å². The Bertz CT molecular complexity index is 1010. The molecule has 2 N–H and O–H groups in total. The zero-order valence-corrected chi connectivity index (χ0v) is 25.7. The summed E-state index contributed by atoms with van der Waals surface area (Å²) >= 11 is 0. The first-order chi connectivity index (χ1) is 20.3. The van der Waals surface area contributed by atoms with Gasteiger partial charge in [-0.15, -0.1) is 0 Å². The van der Waals surface area contributed by atoms with Gasteiger partial charge in [0.15, 0.2) is 0 Å². The number of alkyl carbamates (subject to hydrolysis) is 1. The standard InChI is InChI=1S/C32H50N4O6/c1-4-7-13-25(6-3)23-42-31(40)35-21-17-32(18-22-35)29(38)34-27(28(37)36(32)20-5-2)16-11-12-19-33-30(39)41-24-26-14-9-8-10-15-26/h8-10,14-15,25,27H,4-7,11-13,16-24H2,1-3H3,(H,33,39)(H,34,38)/t25?,27-/m0/s1. The number of piperidine rings is 1. The average molecular weight is 587 g/mol. The van der Waals surface area contributed by atoms with Gasteiger partial charge in [-0.2, -0.15) is 0 Å². The molecule has 2 fully saturated rings. The highest BCUT2D eigenvalue weighted by atomic mass is 16.6. The van der Waals surface area contributed by atoms with E-state index in [1.807, 2.05) is 37.3 Å². The SMILES string of the molecule is CCCCC(CC)COC(=O)N1CCC2(CC1)C(=O)N[C@@H](CCCCNC(=O)OCc1ccccc1)C(=O)N2CCC. The van der Waals surface area contributed by atoms with E-state index in [0.717, 1.165) is 37.7 Å². The molecule has 0 radical (unpaired) electrons. The van der Waals surface area contributed by atoms with Gasteiger partial charge in [0, 0.05) is 26.2 Å². The second-order valence-electron chi connectivity index (χ2n) is 11.5. The summed E-state index contributed by atoms with van der Waals surface area (Å²) in [5, 5.41) is 5.73. The molecular weight excluding hydrogens is 536 g/mol. The van der Waals surface area contributed by atoms with Crippen LogP contribution in [0, 0.1) is 5.92 Å². The maximum atomic E-state index is 13.6. The molecule has 2 heterocycles. The van der Waals surface area contributed by atoms with Crippen LogP contribution in [0.1, 0.15) is 90.5 Å². The van der Waals surface area contributed by atoms with Gasteiger partial charge in [-0.3, -0.25) is 9.59 Å². The smallest absolute Gasteiger partial charge is 0.409 e. The monoisotopic (exact) mass is 586 g/mol. The number of carbonyl (C=O) groups is 4. The molecule has 2 atom stereocenters. The minimum absolute atomic E-state index is 0.0654. The van der Waals surface area contributed by atoms with E-state index in [0.29, 0.717) is 70.8 Å². The average Bonchev–Trinajstić information content (AvgIpc) is 3.01. The van der Waals surface area contributed by atoms with Gasteiger partial charge in [-0.1, -0.05) is 70.4 Å². The number of unbranched alkanes of at least 4 members (excludes halogenated alkanes) is 2. The molecule has 0 bridgehead atoms. The second-order valence-corrected chi connectivity index (χ2v) is 11.5. The Kier molecular flexibility index (Phi) is 13.4. The van der Waals surface area contributed by atoms with Crippen molar-refractivity contribution < 1.29 is 28.7 Å². The van der Waals surface area contributed by atoms with Gasteiger partial charge < -0.3 is 29.9 Å². The highest BCUT2D eigenvalue weighted by Crippen LogP contribution is 2.34. The van der Waals surface area contributed by atoms with Crippen LogP contribution < -0.4 is 10.6 Å². The Morgan fingerprint density at radius 3 is 2.43 bits per heavy atom. The van der Waals surface area contributed by atoms with Crippen molar-refractivity contribution in [3.8, 4) is 0 Å². The van der Waals surface area contributed by atoms with Crippen LogP contribution in [0.4, 0.5) is 9.59 Å². The molecule has 2 saturated heterocycles. The summed E-state index contributed by atoms with van der Waals surface area (Å²) in [7, 11) is 0. The maximum absolute atomic E-state index is 13.6. The number of piperazine rings is 1. The molecule has 10 heteroatoms. The molecule has 1 aromatic carbocycles. The molecule has 10 nitrogen and oxygen atoms in total. The minimum atomic E-state index is -0.933. The molecule has 2 aliphatic rings. The van der Waals surface area contributed by atoms with Crippen molar-refractivity contribution in [2.75, 3.05) is 32.8 Å². The molecule has 4 amide bonds. The van der Waals surface area contributed by atoms with Gasteiger partial charge >= 0.3 is 12.2 Å². The molecule has 0 saturated carbocycles. The fourth-order valence-electron chi connectivity index (χ4n) is 5.79. The number of carbonyl (C=O) groups excluding carboxylic acids is 4. The predicted octanol–water partition coefficient (Wildman–Crippen LogP) is 5.01. The Balaban J connectivity index is 1.44. The molecule has 0 aliphatic carbocycles. The van der Waals surface area contributed by atoms with Crippen LogP contribution in [0.3, 0.4) is 0 Å². The van der Waals surface area contributed by atoms with E-state index in [1.54, 1.807) is 9.80 Å². The lowest BCUT2D eigenvalue weighted by atomic mass is 9.81. The predicted molar refractivity (Wildman–Crippen MR) is 161 cm³/mol. The van der Waals surface area contributed by atoms with E-state index >= 15 is 0 Å². The third kappa shape index (κ3) is 9.10. The van der Waals surface area contributed by atoms with E-state index in [-0.39, 0.29) is 24.5 Å². The molecule has 42 heavy (non-hydrogen) atoms. The lowest BCUT2D eigenvalue weighted by Gasteiger charge is -2.51. The Labute approximate surface area is 250 Å². The van der Waals surface area contributed by atoms with Gasteiger partial charge in [0.2, 0.25) is 11.8 Å². The minimum Gasteiger partial charge on any atom is -0.449 e. The largest absolute Gasteiger partial charge is 0.449 e. The fraction of sp³-hybridized carbons (Fsp3) is 0.688. The Hall–Kier alpha value is -3.30. The molecule has 1 unspecified atom stereocenters. The van der Waals surface area contributed by atoms with Gasteiger partial charge in [0.25, 0.3) is 0 Å². The summed E-state index contributed by atoms with van der Waals surface area (Å²) in [4.78, 5) is 55.2. The number of benzene rings is 1. The summed E-state index contributed by atoms with van der Waals surface area (Å²) in [6, 6.07) is 8.89. The summed E-state index contributed by atoms with van der Waals surface area (Å²) in [5.41, 5.74) is -0.0144. The van der Waals surface area contributed by atoms with Gasteiger partial charge in [0.1, 0.15) is 18.2 Å². The molecule has 0 aromatic heterocycles. The van der Waals surface area contributed by atoms with E-state index in [2.05, 4.69) is 24.5 Å². The molecule has 1 aromatic rings. The third-order valence-electron chi connectivity index (χ3n) is 8.49. The summed E-state index contributed by atoms with van der Waals surface area (Å²) in [5.74, 6) is 0.166. The number of nitrogens with one attached hydrogen (secondary N) is 2. The summed E-state index contributed by atoms with van der Waals surface area (Å²) < 4.78 is 10.9. The topological polar surface area (TPSA) is 117 Å². The van der Waals surface area contributed by atoms with Gasteiger partial charge in [0.05, 0.1) is 6.61 Å². The van der Waals surface area contributed by atoms with Crippen molar-refractivity contribution in [2.24, 2.45) is 5.92 Å². The number of hydrogen-bond acceptors (Lipinski definition) is 6. The van der Waals surface area contributed by atoms with E-state index in [1.165, 1.54) is 0 Å². The van der Waals surface area contributed by atoms with Crippen LogP contribution in [0.25, 0.3) is 0 Å². The molecule has 3 rings (SSSR count). The van der Waals surface area contributed by atoms with Crippen LogP contribution in [0.2, 0.25) is 0 Å². The van der Waals surface area contributed by atoms with Crippen LogP contribution in [-0.2, 0) is 25.7 Å². The fourth-order valence-corrected chi connectivity index (χ4v) is 5.79. The zero-order valence-electron chi connectivity index (χ0n) is 25.7. The van der Waals surface area contributed by atoms with E-state index in [9.17, 15) is 19.2 Å². The molecular formula is C32H50N4O6. The lowest BCUT2D eigenvalue weighted by Crippen LogP contribution is -2.73. The second kappa shape index (κ2) is 17.0. The molecule has 234 valence electrons. The van der Waals surface area contributed by atoms with Gasteiger partial charge in [-0.25, -0.2) is 9.59 Å². The molecule has 2 aliphatic heterocycles. The number of nitrogens with zero attached hydrogens (tertiary/aromatic N) is 2. The third-order valence-corrected chi connectivity index (χ3v) is 8.49. The first-order valence-corrected chi connectivity index (χ1v) is 15.8. The van der Waals surface area contributed by atoms with Crippen molar-refractivity contribution in [1.29, 1.82) is 0 Å². The molecule has 1 spiro atoms. The number of amides is 4. The highest BCUT2D eigenvalue weighted by molar-refractivity contribution is 6.00. The van der Waals surface area contributed by atoms with Crippen LogP contribution in [0.15, 0.2) is 30.3 Å². The van der Waals surface area contributed by atoms with Crippen LogP contribution >= 0.6 is 0 Å². The normalized spacial score (nSPS) is 18.9. The quantitative estimate of drug-likeness (QED) is 0.279. The number of hydrogen-bond donors (Lipinski definition) is 2. The zero-order chi connectivity index (χ0) is 30.4. The number of likely N-dealkylation sites (tertiary alicyclic amines) is 1. The van der Waals surface area contributed by atoms with Crippen molar-refractivity contribution in [2.45, 2.75) is 103 Å². The lowest BCUT2D eigenvalue weighted by molar-refractivity contribution is -0.161. The van der Waals surface area contributed by atoms with Crippen molar-refractivity contribution in [3.05, 3.63) is 35.9 Å². The van der Waals surface area contributed by atoms with Crippen molar-refractivity contribution in [3.63, 3.8) is 0 Å². The first kappa shape index (κ1) is 33.2. The Morgan fingerprint density at radius 1 is 1.02 bits per heavy atom. The van der Waals surface area contributed by atoms with Crippen molar-refractivity contribution in [1.82, 2.24) is 20.4 Å². The summed E-state index contributed by atoms with van der Waals surface area (Å²) in [6.45, 7) is 8.59. The Morgan fingerprint density at radius 2 is 1.76 bits per heavy atom.